The predicted octanol–water partition coefficient (Wildman–Crippen LogP) is 13.9. The minimum atomic E-state index is 0.192. The van der Waals surface area contributed by atoms with Gasteiger partial charge in [0.05, 0.1) is 25.8 Å². The number of hydrogen-bond donors (Lipinski definition) is 0. The summed E-state index contributed by atoms with van der Waals surface area (Å²) in [5.74, 6) is 4.85. The van der Waals surface area contributed by atoms with Crippen molar-refractivity contribution in [2.45, 2.75) is 140 Å². The maximum Gasteiger partial charge on any atom is 0.216 e. The van der Waals surface area contributed by atoms with Crippen molar-refractivity contribution >= 4 is 10.9 Å². The fraction of sp³-hybridized carbons (Fsp3) is 0.442. The van der Waals surface area contributed by atoms with E-state index < -0.39 is 0 Å². The van der Waals surface area contributed by atoms with Crippen LogP contribution in [0.3, 0.4) is 0 Å². The van der Waals surface area contributed by atoms with Crippen molar-refractivity contribution in [3.63, 3.8) is 0 Å². The normalized spacial score (nSPS) is 10.7. The van der Waals surface area contributed by atoms with Gasteiger partial charge in [0, 0.05) is 63.9 Å². The molecule has 8 heteroatoms. The molecular weight excluding hydrogens is 743 g/mol. The van der Waals surface area contributed by atoms with Gasteiger partial charge in [-0.3, -0.25) is 15.0 Å². The Morgan fingerprint density at radius 3 is 1.65 bits per heavy atom. The van der Waals surface area contributed by atoms with Crippen molar-refractivity contribution in [1.29, 1.82) is 0 Å². The highest BCUT2D eigenvalue weighted by molar-refractivity contribution is 5.85. The number of benzene rings is 1. The van der Waals surface area contributed by atoms with Crippen molar-refractivity contribution < 1.29 is 14.2 Å². The molecule has 0 unspecified atom stereocenters. The van der Waals surface area contributed by atoms with Gasteiger partial charge >= 0.3 is 0 Å². The second kappa shape index (κ2) is 26.0. The Bertz CT molecular complexity index is 2130. The summed E-state index contributed by atoms with van der Waals surface area (Å²) in [4.78, 5) is 21.8. The molecule has 0 bridgehead atoms. The zero-order valence-electron chi connectivity index (χ0n) is 39.7. The first kappa shape index (κ1) is 50.8. The highest BCUT2D eigenvalue weighted by atomic mass is 16.5. The van der Waals surface area contributed by atoms with Gasteiger partial charge in [-0.25, -0.2) is 9.97 Å². The third-order valence-corrected chi connectivity index (χ3v) is 9.37. The van der Waals surface area contributed by atoms with Gasteiger partial charge in [-0.1, -0.05) is 106 Å². The van der Waals surface area contributed by atoms with Gasteiger partial charge in [-0.05, 0) is 112 Å². The van der Waals surface area contributed by atoms with Gasteiger partial charge < -0.3 is 14.2 Å². The lowest BCUT2D eigenvalue weighted by atomic mass is 10.1. The summed E-state index contributed by atoms with van der Waals surface area (Å²) < 4.78 is 15.9. The van der Waals surface area contributed by atoms with Crippen LogP contribution in [0.1, 0.15) is 158 Å². The van der Waals surface area contributed by atoms with Crippen molar-refractivity contribution in [1.82, 2.24) is 24.9 Å². The molecule has 60 heavy (non-hydrogen) atoms. The Kier molecular flexibility index (Phi) is 22.0. The first-order chi connectivity index (χ1) is 28.4. The number of rotatable bonds is 9. The zero-order valence-corrected chi connectivity index (χ0v) is 39.7. The second-order valence-corrected chi connectivity index (χ2v) is 16.6. The third kappa shape index (κ3) is 17.5. The number of aromatic nitrogens is 5. The molecule has 0 saturated heterocycles. The molecule has 0 amide bonds. The molecule has 0 atom stereocenters. The van der Waals surface area contributed by atoms with Gasteiger partial charge in [-0.15, -0.1) is 0 Å². The molecule has 0 aliphatic rings. The Morgan fingerprint density at radius 1 is 0.517 bits per heavy atom. The maximum atomic E-state index is 5.44. The molecule has 0 aliphatic carbocycles. The summed E-state index contributed by atoms with van der Waals surface area (Å²) in [6.07, 6.45) is 3.81. The molecule has 1 aromatic carbocycles. The van der Waals surface area contributed by atoms with E-state index in [1.165, 1.54) is 22.5 Å². The SMILES string of the molecule is CC(C)Oc1ccc(C(C)C)cn1.COc1cc(C(C)C)nc2ccccc12.COc1ncccc1C(C)C.Cc1ccc(C(C)C)nc1C.Cc1cccc(C(C)C)n1. The van der Waals surface area contributed by atoms with E-state index in [4.69, 9.17) is 14.2 Å². The Morgan fingerprint density at radius 2 is 1.17 bits per heavy atom. The van der Waals surface area contributed by atoms with E-state index in [9.17, 15) is 0 Å². The van der Waals surface area contributed by atoms with Gasteiger partial charge in [0.25, 0.3) is 0 Å². The molecule has 0 fully saturated rings. The van der Waals surface area contributed by atoms with Gasteiger partial charge in [0.1, 0.15) is 5.75 Å². The number of hydrogen-bond acceptors (Lipinski definition) is 8. The van der Waals surface area contributed by atoms with Crippen LogP contribution in [0.4, 0.5) is 0 Å². The number of pyridine rings is 5. The second-order valence-electron chi connectivity index (χ2n) is 16.6. The zero-order chi connectivity index (χ0) is 44.9. The lowest BCUT2D eigenvalue weighted by molar-refractivity contribution is 0.232. The van der Waals surface area contributed by atoms with Crippen LogP contribution in [0.15, 0.2) is 97.3 Å². The number of aryl methyl sites for hydroxylation is 3. The van der Waals surface area contributed by atoms with Crippen LogP contribution in [-0.4, -0.2) is 45.2 Å². The van der Waals surface area contributed by atoms with Crippen molar-refractivity contribution in [3.8, 4) is 17.5 Å². The van der Waals surface area contributed by atoms with Gasteiger partial charge in [0.15, 0.2) is 0 Å². The molecule has 6 rings (SSSR count). The fourth-order valence-corrected chi connectivity index (χ4v) is 5.54. The molecule has 6 aromatic rings. The van der Waals surface area contributed by atoms with E-state index in [1.807, 2.05) is 81.6 Å². The minimum absolute atomic E-state index is 0.192. The maximum absolute atomic E-state index is 5.44. The largest absolute Gasteiger partial charge is 0.496 e. The molecule has 0 aliphatic heterocycles. The smallest absolute Gasteiger partial charge is 0.216 e. The van der Waals surface area contributed by atoms with Crippen LogP contribution in [-0.2, 0) is 0 Å². The van der Waals surface area contributed by atoms with Crippen LogP contribution in [0.5, 0.6) is 17.5 Å². The quantitative estimate of drug-likeness (QED) is 0.142. The van der Waals surface area contributed by atoms with E-state index in [0.29, 0.717) is 35.5 Å². The molecule has 0 N–H and O–H groups in total. The van der Waals surface area contributed by atoms with E-state index in [0.717, 1.165) is 45.2 Å². The number of methoxy groups -OCH3 is 2. The Hall–Kier alpha value is -5.37. The van der Waals surface area contributed by atoms with Gasteiger partial charge in [0.2, 0.25) is 11.8 Å². The predicted molar refractivity (Wildman–Crippen MR) is 252 cm³/mol. The average Bonchev–Trinajstić information content (AvgIpc) is 3.22. The summed E-state index contributed by atoms with van der Waals surface area (Å²) in [6, 6.07) is 28.4. The molecule has 0 saturated carbocycles. The molecule has 0 radical (unpaired) electrons. The Balaban J connectivity index is 0.000000260. The van der Waals surface area contributed by atoms with E-state index in [2.05, 4.69) is 138 Å². The molecule has 5 heterocycles. The highest BCUT2D eigenvalue weighted by Gasteiger charge is 2.09. The van der Waals surface area contributed by atoms with E-state index in [-0.39, 0.29) is 6.10 Å². The first-order valence-electron chi connectivity index (χ1n) is 21.3. The fourth-order valence-electron chi connectivity index (χ4n) is 5.54. The summed E-state index contributed by atoms with van der Waals surface area (Å²) >= 11 is 0. The lowest BCUT2D eigenvalue weighted by Crippen LogP contribution is -2.06. The van der Waals surface area contributed by atoms with Gasteiger partial charge in [-0.2, -0.15) is 0 Å². The van der Waals surface area contributed by atoms with Crippen LogP contribution in [0.2, 0.25) is 0 Å². The summed E-state index contributed by atoms with van der Waals surface area (Å²) in [5.41, 5.74) is 10.4. The molecule has 5 aromatic heterocycles. The molecular formula is C52H73N5O3. The number of fused-ring (bicyclic) bond motifs is 1. The standard InChI is InChI=1S/C13H15NO.C11H17NO.C10H15N.C9H13NO.C9H13N/c1-9(2)12-8-13(15-3)10-6-4-5-7-11(10)14-12;1-8(2)10-5-6-11(12-7-10)13-9(3)4;1-7(2)10-6-5-8(3)9(4)11-10;1-7(2)8-5-4-6-10-9(8)11-3;1-7(2)9-6-4-5-8(3)10-9/h4-9H,1-3H3;5-9H,1-4H3;5-7H,1-4H3;4-7H,1-3H3;4-7H,1-3H3. The number of nitrogens with zero attached hydrogens (tertiary/aromatic N) is 5. The van der Waals surface area contributed by atoms with Crippen LogP contribution < -0.4 is 14.2 Å². The third-order valence-electron chi connectivity index (χ3n) is 9.37. The minimum Gasteiger partial charge on any atom is -0.496 e. The van der Waals surface area contributed by atoms with Crippen LogP contribution in [0.25, 0.3) is 10.9 Å². The summed E-state index contributed by atoms with van der Waals surface area (Å²) in [7, 11) is 3.35. The van der Waals surface area contributed by atoms with Crippen LogP contribution in [0, 0.1) is 20.8 Å². The summed E-state index contributed by atoms with van der Waals surface area (Å²) in [5, 5.41) is 1.07. The van der Waals surface area contributed by atoms with Crippen molar-refractivity contribution in [3.05, 3.63) is 142 Å². The monoisotopic (exact) mass is 816 g/mol. The lowest BCUT2D eigenvalue weighted by Gasteiger charge is -2.10. The van der Waals surface area contributed by atoms with Crippen LogP contribution >= 0.6 is 0 Å². The highest BCUT2D eigenvalue weighted by Crippen LogP contribution is 2.28. The molecule has 0 spiro atoms. The van der Waals surface area contributed by atoms with Crippen molar-refractivity contribution in [2.24, 2.45) is 0 Å². The molecule has 8 nitrogen and oxygen atoms in total. The number of para-hydroxylation sites is 1. The Labute approximate surface area is 362 Å². The van der Waals surface area contributed by atoms with E-state index in [1.54, 1.807) is 20.4 Å². The average molecular weight is 816 g/mol. The number of ether oxygens (including phenoxy) is 3. The topological polar surface area (TPSA) is 92.1 Å². The van der Waals surface area contributed by atoms with E-state index >= 15 is 0 Å². The molecule has 324 valence electrons. The summed E-state index contributed by atoms with van der Waals surface area (Å²) in [6.45, 7) is 31.6. The van der Waals surface area contributed by atoms with Crippen molar-refractivity contribution in [2.75, 3.05) is 14.2 Å². The first-order valence-corrected chi connectivity index (χ1v) is 21.3.